The summed E-state index contributed by atoms with van der Waals surface area (Å²) in [5, 5.41) is 8.75. The fraction of sp³-hybridized carbons (Fsp3) is 0.333. The minimum atomic E-state index is -4.90. The van der Waals surface area contributed by atoms with Crippen LogP contribution in [-0.2, 0) is 4.74 Å². The van der Waals surface area contributed by atoms with E-state index in [1.54, 1.807) is 13.0 Å². The van der Waals surface area contributed by atoms with Gasteiger partial charge in [0.05, 0.1) is 23.8 Å². The summed E-state index contributed by atoms with van der Waals surface area (Å²) in [6, 6.07) is 3.75. The Morgan fingerprint density at radius 3 is 2.53 bits per heavy atom. The Morgan fingerprint density at radius 2 is 2.05 bits per heavy atom. The molecule has 1 aromatic carbocycles. The van der Waals surface area contributed by atoms with E-state index in [1.807, 2.05) is 0 Å². The molecule has 0 saturated heterocycles. The van der Waals surface area contributed by atoms with E-state index >= 15 is 0 Å². The van der Waals surface area contributed by atoms with Crippen LogP contribution in [0.2, 0.25) is 0 Å². The van der Waals surface area contributed by atoms with Crippen LogP contribution in [0.5, 0.6) is 5.75 Å². The Balaban J connectivity index is 3.29. The smallest absolute Gasteiger partial charge is 0.462 e. The SMILES string of the molecule is CCOC(=O)c1cc(C#N)cc(OC(F)(F)F)c1C. The molecular weight excluding hydrogens is 263 g/mol. The monoisotopic (exact) mass is 273 g/mol. The first kappa shape index (κ1) is 14.8. The van der Waals surface area contributed by atoms with Gasteiger partial charge in [0.2, 0.25) is 0 Å². The molecule has 0 bridgehead atoms. The van der Waals surface area contributed by atoms with E-state index < -0.39 is 18.1 Å². The zero-order valence-corrected chi connectivity index (χ0v) is 10.2. The Kier molecular flexibility index (Phi) is 4.38. The highest BCUT2D eigenvalue weighted by Crippen LogP contribution is 2.29. The molecule has 0 saturated carbocycles. The second-order valence-electron chi connectivity index (χ2n) is 3.53. The lowest BCUT2D eigenvalue weighted by Gasteiger charge is -2.14. The van der Waals surface area contributed by atoms with Gasteiger partial charge in [-0.05, 0) is 26.0 Å². The number of nitrogens with zero attached hydrogens (tertiary/aromatic N) is 1. The van der Waals surface area contributed by atoms with Crippen molar-refractivity contribution in [1.82, 2.24) is 0 Å². The van der Waals surface area contributed by atoms with Crippen molar-refractivity contribution in [2.75, 3.05) is 6.61 Å². The van der Waals surface area contributed by atoms with Crippen molar-refractivity contribution in [3.05, 3.63) is 28.8 Å². The zero-order valence-electron chi connectivity index (χ0n) is 10.2. The molecule has 0 heterocycles. The van der Waals surface area contributed by atoms with Gasteiger partial charge in [-0.2, -0.15) is 5.26 Å². The average Bonchev–Trinajstić information content (AvgIpc) is 2.30. The number of nitriles is 1. The largest absolute Gasteiger partial charge is 0.573 e. The number of alkyl halides is 3. The maximum atomic E-state index is 12.2. The molecule has 0 unspecified atom stereocenters. The molecule has 0 aromatic heterocycles. The first-order valence-corrected chi connectivity index (χ1v) is 5.26. The van der Waals surface area contributed by atoms with Gasteiger partial charge >= 0.3 is 12.3 Å². The van der Waals surface area contributed by atoms with E-state index in [4.69, 9.17) is 10.00 Å². The molecule has 0 amide bonds. The predicted molar refractivity (Wildman–Crippen MR) is 58.5 cm³/mol. The van der Waals surface area contributed by atoms with Gasteiger partial charge in [-0.15, -0.1) is 13.2 Å². The lowest BCUT2D eigenvalue weighted by molar-refractivity contribution is -0.274. The lowest BCUT2D eigenvalue weighted by Crippen LogP contribution is -2.19. The molecule has 0 fully saturated rings. The van der Waals surface area contributed by atoms with Crippen LogP contribution in [-0.4, -0.2) is 18.9 Å². The average molecular weight is 273 g/mol. The third-order valence-corrected chi connectivity index (χ3v) is 2.21. The molecular formula is C12H10F3NO3. The Bertz CT molecular complexity index is 532. The van der Waals surface area contributed by atoms with Crippen molar-refractivity contribution in [2.45, 2.75) is 20.2 Å². The Hall–Kier alpha value is -2.23. The van der Waals surface area contributed by atoms with E-state index in [2.05, 4.69) is 4.74 Å². The summed E-state index contributed by atoms with van der Waals surface area (Å²) in [5.74, 6) is -1.39. The molecule has 102 valence electrons. The summed E-state index contributed by atoms with van der Waals surface area (Å²) in [6.07, 6.45) is -4.90. The summed E-state index contributed by atoms with van der Waals surface area (Å²) >= 11 is 0. The van der Waals surface area contributed by atoms with E-state index in [1.165, 1.54) is 6.92 Å². The third-order valence-electron chi connectivity index (χ3n) is 2.21. The van der Waals surface area contributed by atoms with E-state index in [0.29, 0.717) is 0 Å². The molecule has 0 atom stereocenters. The summed E-state index contributed by atoms with van der Waals surface area (Å²) in [6.45, 7) is 2.92. The molecule has 4 nitrogen and oxygen atoms in total. The maximum absolute atomic E-state index is 12.2. The summed E-state index contributed by atoms with van der Waals surface area (Å²) < 4.78 is 45.1. The molecule has 1 rings (SSSR count). The Morgan fingerprint density at radius 1 is 1.42 bits per heavy atom. The lowest BCUT2D eigenvalue weighted by atomic mass is 10.0. The molecule has 0 aliphatic carbocycles. The van der Waals surface area contributed by atoms with Gasteiger partial charge in [0.1, 0.15) is 5.75 Å². The van der Waals surface area contributed by atoms with Crippen molar-refractivity contribution in [3.63, 3.8) is 0 Å². The Labute approximate surface area is 107 Å². The van der Waals surface area contributed by atoms with Crippen molar-refractivity contribution < 1.29 is 27.4 Å². The summed E-state index contributed by atoms with van der Waals surface area (Å²) in [7, 11) is 0. The van der Waals surface area contributed by atoms with Gasteiger partial charge in [0.25, 0.3) is 0 Å². The van der Waals surface area contributed by atoms with Gasteiger partial charge in [0, 0.05) is 5.56 Å². The van der Waals surface area contributed by atoms with Gasteiger partial charge < -0.3 is 9.47 Å². The quantitative estimate of drug-likeness (QED) is 0.794. The van der Waals surface area contributed by atoms with Crippen LogP contribution in [0.15, 0.2) is 12.1 Å². The third kappa shape index (κ3) is 3.88. The fourth-order valence-corrected chi connectivity index (χ4v) is 1.40. The topological polar surface area (TPSA) is 59.3 Å². The van der Waals surface area contributed by atoms with Crippen LogP contribution in [0.25, 0.3) is 0 Å². The second-order valence-corrected chi connectivity index (χ2v) is 3.53. The number of hydrogen-bond donors (Lipinski definition) is 0. The van der Waals surface area contributed by atoms with Gasteiger partial charge in [-0.3, -0.25) is 0 Å². The minimum absolute atomic E-state index is 0.0326. The van der Waals surface area contributed by atoms with Gasteiger partial charge in [-0.25, -0.2) is 4.79 Å². The van der Waals surface area contributed by atoms with Crippen LogP contribution in [0.3, 0.4) is 0 Å². The number of carbonyl (C=O) groups is 1. The number of halogens is 3. The molecule has 0 aliphatic rings. The van der Waals surface area contributed by atoms with Crippen molar-refractivity contribution in [3.8, 4) is 11.8 Å². The molecule has 0 radical (unpaired) electrons. The molecule has 1 aromatic rings. The van der Waals surface area contributed by atoms with Gasteiger partial charge in [0.15, 0.2) is 0 Å². The van der Waals surface area contributed by atoms with Crippen molar-refractivity contribution >= 4 is 5.97 Å². The first-order chi connectivity index (χ1) is 8.78. The minimum Gasteiger partial charge on any atom is -0.462 e. The van der Waals surface area contributed by atoms with Crippen LogP contribution >= 0.6 is 0 Å². The number of rotatable bonds is 3. The highest BCUT2D eigenvalue weighted by atomic mass is 19.4. The van der Waals surface area contributed by atoms with Crippen LogP contribution in [0, 0.1) is 18.3 Å². The zero-order chi connectivity index (χ0) is 14.6. The second kappa shape index (κ2) is 5.61. The number of benzene rings is 1. The summed E-state index contributed by atoms with van der Waals surface area (Å²) in [4.78, 5) is 11.6. The fourth-order valence-electron chi connectivity index (χ4n) is 1.40. The van der Waals surface area contributed by atoms with Crippen LogP contribution in [0.1, 0.15) is 28.4 Å². The maximum Gasteiger partial charge on any atom is 0.573 e. The van der Waals surface area contributed by atoms with Crippen molar-refractivity contribution in [1.29, 1.82) is 5.26 Å². The van der Waals surface area contributed by atoms with E-state index in [9.17, 15) is 18.0 Å². The van der Waals surface area contributed by atoms with Crippen molar-refractivity contribution in [2.24, 2.45) is 0 Å². The number of ether oxygens (including phenoxy) is 2. The van der Waals surface area contributed by atoms with Crippen LogP contribution < -0.4 is 4.74 Å². The summed E-state index contributed by atoms with van der Waals surface area (Å²) in [5.41, 5.74) is -0.275. The highest BCUT2D eigenvalue weighted by molar-refractivity contribution is 5.92. The van der Waals surface area contributed by atoms with E-state index in [0.717, 1.165) is 12.1 Å². The molecule has 0 spiro atoms. The molecule has 0 N–H and O–H groups in total. The van der Waals surface area contributed by atoms with Gasteiger partial charge in [-0.1, -0.05) is 0 Å². The predicted octanol–water partition coefficient (Wildman–Crippen LogP) is 2.94. The van der Waals surface area contributed by atoms with E-state index in [-0.39, 0.29) is 23.3 Å². The van der Waals surface area contributed by atoms with Crippen LogP contribution in [0.4, 0.5) is 13.2 Å². The standard InChI is InChI=1S/C12H10F3NO3/c1-3-18-11(17)9-4-8(6-16)5-10(7(9)2)19-12(13,14)15/h4-5H,3H2,1-2H3. The number of esters is 1. The molecule has 7 heteroatoms. The molecule has 19 heavy (non-hydrogen) atoms. The normalized spacial score (nSPS) is 10.7. The molecule has 0 aliphatic heterocycles. The highest BCUT2D eigenvalue weighted by Gasteiger charge is 2.32. The number of hydrogen-bond acceptors (Lipinski definition) is 4. The first-order valence-electron chi connectivity index (χ1n) is 5.26. The number of carbonyl (C=O) groups excluding carboxylic acids is 1.